The lowest BCUT2D eigenvalue weighted by Gasteiger charge is -2.11. The number of nitrogens with zero attached hydrogens (tertiary/aromatic N) is 3. The molecule has 0 fully saturated rings. The van der Waals surface area contributed by atoms with Crippen molar-refractivity contribution < 1.29 is 14.3 Å². The molecule has 1 aliphatic rings. The molecule has 0 unspecified atom stereocenters. The van der Waals surface area contributed by atoms with Crippen molar-refractivity contribution in [2.45, 2.75) is 12.8 Å². The molecule has 0 atom stereocenters. The summed E-state index contributed by atoms with van der Waals surface area (Å²) in [5.41, 5.74) is 4.84. The zero-order valence-corrected chi connectivity index (χ0v) is 17.2. The van der Waals surface area contributed by atoms with Gasteiger partial charge in [-0.3, -0.25) is 14.6 Å². The molecule has 1 N–H and O–H groups in total. The first-order chi connectivity index (χ1) is 15.0. The van der Waals surface area contributed by atoms with Gasteiger partial charge in [-0.2, -0.15) is 0 Å². The van der Waals surface area contributed by atoms with E-state index in [1.165, 1.54) is 13.2 Å². The number of hydrogen-bond donors (Lipinski definition) is 1. The Bertz CT molecular complexity index is 1420. The van der Waals surface area contributed by atoms with Gasteiger partial charge in [-0.05, 0) is 24.6 Å². The number of hydrogen-bond acceptors (Lipinski definition) is 5. The summed E-state index contributed by atoms with van der Waals surface area (Å²) in [5, 5.41) is 5.70. The number of Topliss-reactive ketones (excluding diaryl/α,β-unsaturated/α-hetero) is 1. The quantitative estimate of drug-likeness (QED) is 0.511. The first kappa shape index (κ1) is 19.0. The van der Waals surface area contributed by atoms with Crippen molar-refractivity contribution in [1.82, 2.24) is 14.5 Å². The molecule has 0 bridgehead atoms. The van der Waals surface area contributed by atoms with Gasteiger partial charge < -0.3 is 14.6 Å². The van der Waals surface area contributed by atoms with Crippen LogP contribution < -0.4 is 10.1 Å². The Morgan fingerprint density at radius 1 is 1.19 bits per heavy atom. The Hall–Kier alpha value is -4.00. The van der Waals surface area contributed by atoms with Gasteiger partial charge in [-0.15, -0.1) is 0 Å². The Kier molecular flexibility index (Phi) is 4.32. The summed E-state index contributed by atoms with van der Waals surface area (Å²) >= 11 is 0. The summed E-state index contributed by atoms with van der Waals surface area (Å²) < 4.78 is 7.38. The van der Waals surface area contributed by atoms with Crippen LogP contribution in [0.15, 0.2) is 49.3 Å². The lowest BCUT2D eigenvalue weighted by Crippen LogP contribution is -2.09. The molecule has 154 valence electrons. The molecule has 1 aromatic carbocycles. The Morgan fingerprint density at radius 3 is 2.81 bits per heavy atom. The van der Waals surface area contributed by atoms with Crippen molar-refractivity contribution in [2.75, 3.05) is 12.4 Å². The minimum atomic E-state index is -0.353. The number of ether oxygens (including phenoxy) is 1. The predicted molar refractivity (Wildman–Crippen MR) is 119 cm³/mol. The second kappa shape index (κ2) is 7.05. The minimum absolute atomic E-state index is 0.205. The van der Waals surface area contributed by atoms with Gasteiger partial charge in [0.05, 0.1) is 18.3 Å². The largest absolute Gasteiger partial charge is 0.480 e. The van der Waals surface area contributed by atoms with Crippen LogP contribution in [0.3, 0.4) is 0 Å². The van der Waals surface area contributed by atoms with Gasteiger partial charge in [0.1, 0.15) is 5.69 Å². The van der Waals surface area contributed by atoms with Crippen LogP contribution in [0.4, 0.5) is 5.69 Å². The summed E-state index contributed by atoms with van der Waals surface area (Å²) in [4.78, 5) is 33.1. The Morgan fingerprint density at radius 2 is 2.03 bits per heavy atom. The van der Waals surface area contributed by atoms with Gasteiger partial charge in [0.2, 0.25) is 11.8 Å². The highest BCUT2D eigenvalue weighted by Gasteiger charge is 2.27. The highest BCUT2D eigenvalue weighted by molar-refractivity contribution is 6.17. The van der Waals surface area contributed by atoms with E-state index >= 15 is 0 Å². The van der Waals surface area contributed by atoms with Crippen LogP contribution >= 0.6 is 0 Å². The summed E-state index contributed by atoms with van der Waals surface area (Å²) in [7, 11) is 3.50. The maximum Gasteiger partial charge on any atom is 0.247 e. The number of fused-ring (bicyclic) bond motifs is 5. The van der Waals surface area contributed by atoms with Crippen LogP contribution in [-0.2, 0) is 18.3 Å². The van der Waals surface area contributed by atoms with Crippen molar-refractivity contribution in [2.24, 2.45) is 7.05 Å². The molecule has 3 heterocycles. The third kappa shape index (κ3) is 2.89. The smallest absolute Gasteiger partial charge is 0.247 e. The van der Waals surface area contributed by atoms with E-state index < -0.39 is 0 Å². The van der Waals surface area contributed by atoms with Crippen LogP contribution in [-0.4, -0.2) is 33.3 Å². The number of carbonyl (C=O) groups is 2. The molecule has 0 aliphatic heterocycles. The van der Waals surface area contributed by atoms with E-state index in [0.29, 0.717) is 23.7 Å². The Labute approximate surface area is 178 Å². The Balaban J connectivity index is 1.70. The maximum absolute atomic E-state index is 12.4. The van der Waals surface area contributed by atoms with Crippen LogP contribution in [0.5, 0.6) is 5.88 Å². The van der Waals surface area contributed by atoms with Gasteiger partial charge in [-0.25, -0.2) is 4.98 Å². The lowest BCUT2D eigenvalue weighted by atomic mass is 10.0. The van der Waals surface area contributed by atoms with Crippen molar-refractivity contribution in [3.63, 3.8) is 0 Å². The maximum atomic E-state index is 12.4. The van der Waals surface area contributed by atoms with Gasteiger partial charge in [0.15, 0.2) is 5.78 Å². The molecule has 5 rings (SSSR count). The summed E-state index contributed by atoms with van der Waals surface area (Å²) in [5.74, 6) is 0.157. The van der Waals surface area contributed by atoms with E-state index in [0.717, 1.165) is 44.9 Å². The molecule has 4 aromatic rings. The molecule has 0 saturated carbocycles. The highest BCUT2D eigenvalue weighted by atomic mass is 16.5. The SMILES string of the molecule is C=CC(=O)Nc1cc(-c2cc3c(ccc4c5c(n(C)c43)CCC5=O)cn2)cnc1OC. The fourth-order valence-corrected chi connectivity index (χ4v) is 4.37. The summed E-state index contributed by atoms with van der Waals surface area (Å²) in [6.07, 6.45) is 6.01. The molecule has 0 radical (unpaired) electrons. The molecule has 1 amide bonds. The van der Waals surface area contributed by atoms with Crippen LogP contribution in [0, 0.1) is 0 Å². The molecule has 3 aromatic heterocycles. The third-order valence-corrected chi connectivity index (χ3v) is 5.82. The van der Waals surface area contributed by atoms with Crippen molar-refractivity contribution in [3.05, 3.63) is 60.6 Å². The average molecular weight is 412 g/mol. The third-order valence-electron chi connectivity index (χ3n) is 5.82. The fraction of sp³-hybridized carbons (Fsp3) is 0.167. The number of aryl methyl sites for hydroxylation is 1. The number of amides is 1. The predicted octanol–water partition coefficient (Wildman–Crippen LogP) is 4.05. The number of rotatable bonds is 4. The lowest BCUT2D eigenvalue weighted by molar-refractivity contribution is -0.111. The average Bonchev–Trinajstić information content (AvgIpc) is 3.31. The first-order valence-electron chi connectivity index (χ1n) is 9.93. The highest BCUT2D eigenvalue weighted by Crippen LogP contribution is 2.37. The zero-order valence-electron chi connectivity index (χ0n) is 17.2. The summed E-state index contributed by atoms with van der Waals surface area (Å²) in [6, 6.07) is 7.79. The molecule has 0 saturated heterocycles. The minimum Gasteiger partial charge on any atom is -0.480 e. The van der Waals surface area contributed by atoms with Gasteiger partial charge in [0.25, 0.3) is 0 Å². The van der Waals surface area contributed by atoms with Crippen LogP contribution in [0.1, 0.15) is 22.5 Å². The van der Waals surface area contributed by atoms with E-state index in [1.54, 1.807) is 12.3 Å². The number of nitrogens with one attached hydrogen (secondary N) is 1. The van der Waals surface area contributed by atoms with Crippen LogP contribution in [0.25, 0.3) is 32.9 Å². The normalized spacial score (nSPS) is 12.9. The van der Waals surface area contributed by atoms with Crippen molar-refractivity contribution >= 4 is 39.1 Å². The van der Waals surface area contributed by atoms with Gasteiger partial charge in [0, 0.05) is 58.8 Å². The molecule has 7 heteroatoms. The molecule has 1 aliphatic carbocycles. The molecule has 31 heavy (non-hydrogen) atoms. The number of pyridine rings is 2. The molecule has 0 spiro atoms. The number of anilines is 1. The van der Waals surface area contributed by atoms with Gasteiger partial charge >= 0.3 is 0 Å². The van der Waals surface area contributed by atoms with E-state index in [4.69, 9.17) is 4.74 Å². The topological polar surface area (TPSA) is 86.1 Å². The second-order valence-electron chi connectivity index (χ2n) is 7.53. The van der Waals surface area contributed by atoms with Crippen molar-refractivity contribution in [3.8, 4) is 17.1 Å². The van der Waals surface area contributed by atoms with Crippen LogP contribution in [0.2, 0.25) is 0 Å². The monoisotopic (exact) mass is 412 g/mol. The summed E-state index contributed by atoms with van der Waals surface area (Å²) in [6.45, 7) is 3.48. The van der Waals surface area contributed by atoms with Crippen molar-refractivity contribution in [1.29, 1.82) is 0 Å². The fourth-order valence-electron chi connectivity index (χ4n) is 4.37. The first-order valence-corrected chi connectivity index (χ1v) is 9.93. The molecular weight excluding hydrogens is 392 g/mol. The number of ketones is 1. The zero-order chi connectivity index (χ0) is 21.7. The number of benzene rings is 1. The van der Waals surface area contributed by atoms with E-state index in [9.17, 15) is 9.59 Å². The van der Waals surface area contributed by atoms with E-state index in [2.05, 4.69) is 26.4 Å². The molecule has 7 nitrogen and oxygen atoms in total. The van der Waals surface area contributed by atoms with E-state index in [1.807, 2.05) is 31.4 Å². The van der Waals surface area contributed by atoms with Gasteiger partial charge in [-0.1, -0.05) is 18.7 Å². The second-order valence-corrected chi connectivity index (χ2v) is 7.53. The molecular formula is C24H20N4O3. The number of aromatic nitrogens is 3. The van der Waals surface area contributed by atoms with E-state index in [-0.39, 0.29) is 11.7 Å². The number of methoxy groups -OCH3 is 1. The standard InChI is InChI=1S/C24H20N4O3/c1-4-21(30)27-18-9-14(12-26-24(18)31-3)17-10-16-13(11-25-17)5-6-15-22-19(7-8-20(22)29)28(2)23(15)16/h4-6,9-12H,1,7-8H2,2-3H3,(H,27,30). The number of carbonyl (C=O) groups excluding carboxylic acids is 2.